The van der Waals surface area contributed by atoms with Crippen molar-refractivity contribution in [1.29, 1.82) is 0 Å². The van der Waals surface area contributed by atoms with E-state index >= 15 is 0 Å². The number of hydrogen-bond donors (Lipinski definition) is 3. The molecule has 1 aromatic heterocycles. The van der Waals surface area contributed by atoms with Crippen LogP contribution < -0.4 is 4.72 Å². The largest absolute Gasteiger partial charge is 0.463 e. The number of aryl methyl sites for hydroxylation is 1. The molecule has 1 unspecified atom stereocenters. The number of rotatable bonds is 3. The Morgan fingerprint density at radius 2 is 2.33 bits per heavy atom. The van der Waals surface area contributed by atoms with Gasteiger partial charge in [0.1, 0.15) is 17.1 Å². The van der Waals surface area contributed by atoms with Crippen LogP contribution in [0.2, 0.25) is 0 Å². The summed E-state index contributed by atoms with van der Waals surface area (Å²) in [6, 6.07) is 3.59. The Labute approximate surface area is 77.3 Å². The van der Waals surface area contributed by atoms with E-state index < -0.39 is 5.60 Å². The van der Waals surface area contributed by atoms with Crippen molar-refractivity contribution in [3.63, 3.8) is 0 Å². The highest BCUT2D eigenvalue weighted by Crippen LogP contribution is 2.21. The fourth-order valence-corrected chi connectivity index (χ4v) is 1.27. The van der Waals surface area contributed by atoms with Gasteiger partial charge in [-0.1, -0.05) is 12.8 Å². The summed E-state index contributed by atoms with van der Waals surface area (Å²) in [5.74, 6) is 1.35. The topological polar surface area (TPSA) is 45.4 Å². The predicted octanol–water partition coefficient (Wildman–Crippen LogP) is 1.23. The molecule has 0 fully saturated rings. The Morgan fingerprint density at radius 1 is 1.67 bits per heavy atom. The normalized spacial score (nSPS) is 16.0. The Morgan fingerprint density at radius 3 is 2.75 bits per heavy atom. The van der Waals surface area contributed by atoms with E-state index in [9.17, 15) is 5.11 Å². The van der Waals surface area contributed by atoms with Crippen molar-refractivity contribution in [1.82, 2.24) is 4.72 Å². The van der Waals surface area contributed by atoms with Gasteiger partial charge in [-0.25, -0.2) is 0 Å². The Bertz CT molecular complexity index is 257. The third-order valence-corrected chi connectivity index (χ3v) is 1.85. The summed E-state index contributed by atoms with van der Waals surface area (Å²) < 4.78 is 7.88. The van der Waals surface area contributed by atoms with Crippen molar-refractivity contribution >= 4 is 12.8 Å². The molecule has 0 spiro atoms. The van der Waals surface area contributed by atoms with E-state index in [0.29, 0.717) is 12.3 Å². The molecule has 0 bridgehead atoms. The SMILES string of the molecule is Cc1ccc(C(C)(O)CNS)o1. The highest BCUT2D eigenvalue weighted by molar-refractivity contribution is 7.78. The van der Waals surface area contributed by atoms with Crippen LogP contribution in [0.3, 0.4) is 0 Å². The average molecular weight is 187 g/mol. The number of furan rings is 1. The van der Waals surface area contributed by atoms with Crippen LogP contribution in [0.1, 0.15) is 18.4 Å². The van der Waals surface area contributed by atoms with Crippen molar-refractivity contribution in [3.05, 3.63) is 23.7 Å². The minimum atomic E-state index is -0.990. The molecule has 2 N–H and O–H groups in total. The van der Waals surface area contributed by atoms with E-state index in [4.69, 9.17) is 4.42 Å². The molecule has 0 aromatic carbocycles. The van der Waals surface area contributed by atoms with E-state index in [1.54, 1.807) is 13.0 Å². The Balaban J connectivity index is 2.81. The van der Waals surface area contributed by atoms with Gasteiger partial charge in [0.15, 0.2) is 0 Å². The van der Waals surface area contributed by atoms with Crippen LogP contribution in [0.15, 0.2) is 16.5 Å². The quantitative estimate of drug-likeness (QED) is 0.624. The molecule has 3 nitrogen and oxygen atoms in total. The second-order valence-corrected chi connectivity index (χ2v) is 3.34. The second-order valence-electron chi connectivity index (χ2n) is 3.02. The third-order valence-electron chi connectivity index (χ3n) is 1.69. The first-order chi connectivity index (χ1) is 5.56. The summed E-state index contributed by atoms with van der Waals surface area (Å²) in [5, 5.41) is 9.79. The van der Waals surface area contributed by atoms with Gasteiger partial charge in [0.05, 0.1) is 0 Å². The Kier molecular flexibility index (Phi) is 2.82. The Hall–Kier alpha value is -0.450. The zero-order chi connectivity index (χ0) is 9.19. The highest BCUT2D eigenvalue weighted by atomic mass is 32.1. The van der Waals surface area contributed by atoms with Crippen molar-refractivity contribution in [2.24, 2.45) is 0 Å². The lowest BCUT2D eigenvalue weighted by Gasteiger charge is -2.19. The summed E-state index contributed by atoms with van der Waals surface area (Å²) in [6.07, 6.45) is 0. The van der Waals surface area contributed by atoms with Crippen LogP contribution in [0.4, 0.5) is 0 Å². The molecular weight excluding hydrogens is 174 g/mol. The van der Waals surface area contributed by atoms with Crippen molar-refractivity contribution < 1.29 is 9.52 Å². The van der Waals surface area contributed by atoms with E-state index in [1.807, 2.05) is 13.0 Å². The van der Waals surface area contributed by atoms with Crippen LogP contribution in [-0.4, -0.2) is 11.7 Å². The first-order valence-electron chi connectivity index (χ1n) is 3.72. The lowest BCUT2D eigenvalue weighted by molar-refractivity contribution is 0.0395. The van der Waals surface area contributed by atoms with Gasteiger partial charge in [-0.2, -0.15) is 0 Å². The summed E-state index contributed by atoms with van der Waals surface area (Å²) in [6.45, 7) is 3.87. The van der Waals surface area contributed by atoms with Crippen molar-refractivity contribution in [2.45, 2.75) is 19.4 Å². The monoisotopic (exact) mass is 187 g/mol. The molecule has 0 aliphatic heterocycles. The molecule has 1 atom stereocenters. The second kappa shape index (κ2) is 3.51. The highest BCUT2D eigenvalue weighted by Gasteiger charge is 2.25. The molecule has 0 aliphatic carbocycles. The summed E-state index contributed by atoms with van der Waals surface area (Å²) in [7, 11) is 0. The third kappa shape index (κ3) is 2.03. The van der Waals surface area contributed by atoms with E-state index in [-0.39, 0.29) is 0 Å². The maximum Gasteiger partial charge on any atom is 0.136 e. The number of hydrogen-bond acceptors (Lipinski definition) is 4. The lowest BCUT2D eigenvalue weighted by Crippen LogP contribution is -2.31. The van der Waals surface area contributed by atoms with Gasteiger partial charge in [-0.15, -0.1) is 0 Å². The molecule has 4 heteroatoms. The zero-order valence-corrected chi connectivity index (χ0v) is 8.06. The summed E-state index contributed by atoms with van der Waals surface area (Å²) in [4.78, 5) is 0. The van der Waals surface area contributed by atoms with E-state index in [2.05, 4.69) is 17.5 Å². The average Bonchev–Trinajstić information content (AvgIpc) is 2.36. The molecule has 1 rings (SSSR count). The molecule has 1 aromatic rings. The molecule has 68 valence electrons. The maximum absolute atomic E-state index is 9.79. The zero-order valence-electron chi connectivity index (χ0n) is 7.16. The fraction of sp³-hybridized carbons (Fsp3) is 0.500. The number of thiol groups is 1. The van der Waals surface area contributed by atoms with Crippen LogP contribution in [0.5, 0.6) is 0 Å². The van der Waals surface area contributed by atoms with Gasteiger partial charge in [0, 0.05) is 6.54 Å². The van der Waals surface area contributed by atoms with Crippen LogP contribution >= 0.6 is 12.8 Å². The van der Waals surface area contributed by atoms with Gasteiger partial charge < -0.3 is 9.52 Å². The minimum absolute atomic E-state index is 0.350. The predicted molar refractivity (Wildman–Crippen MR) is 50.0 cm³/mol. The van der Waals surface area contributed by atoms with Gasteiger partial charge in [0.2, 0.25) is 0 Å². The lowest BCUT2D eigenvalue weighted by atomic mass is 10.1. The summed E-state index contributed by atoms with van der Waals surface area (Å²) >= 11 is 3.82. The molecule has 0 radical (unpaired) electrons. The van der Waals surface area contributed by atoms with E-state index in [1.165, 1.54) is 0 Å². The molecule has 0 saturated heterocycles. The molecule has 0 aliphatic rings. The van der Waals surface area contributed by atoms with Crippen LogP contribution in [0, 0.1) is 6.92 Å². The smallest absolute Gasteiger partial charge is 0.136 e. The summed E-state index contributed by atoms with van der Waals surface area (Å²) in [5.41, 5.74) is -0.990. The molecule has 1 heterocycles. The van der Waals surface area contributed by atoms with Crippen LogP contribution in [0.25, 0.3) is 0 Å². The maximum atomic E-state index is 9.79. The number of nitrogens with one attached hydrogen (secondary N) is 1. The van der Waals surface area contributed by atoms with Gasteiger partial charge in [-0.05, 0) is 26.0 Å². The van der Waals surface area contributed by atoms with Gasteiger partial charge in [-0.3, -0.25) is 4.72 Å². The van der Waals surface area contributed by atoms with Crippen molar-refractivity contribution in [2.75, 3.05) is 6.54 Å². The van der Waals surface area contributed by atoms with Gasteiger partial charge >= 0.3 is 0 Å². The van der Waals surface area contributed by atoms with Crippen LogP contribution in [-0.2, 0) is 5.60 Å². The first kappa shape index (κ1) is 9.64. The fourth-order valence-electron chi connectivity index (χ4n) is 0.965. The number of aliphatic hydroxyl groups is 1. The van der Waals surface area contributed by atoms with Gasteiger partial charge in [0.25, 0.3) is 0 Å². The molecule has 0 saturated carbocycles. The van der Waals surface area contributed by atoms with E-state index in [0.717, 1.165) is 5.76 Å². The molecule has 12 heavy (non-hydrogen) atoms. The molecular formula is C8H13NO2S. The standard InChI is InChI=1S/C8H13NO2S/c1-6-3-4-7(11-6)8(2,10)5-9-12/h3-4,9-10,12H,5H2,1-2H3. The minimum Gasteiger partial charge on any atom is -0.463 e. The van der Waals surface area contributed by atoms with Crippen molar-refractivity contribution in [3.8, 4) is 0 Å². The first-order valence-corrected chi connectivity index (χ1v) is 4.17. The molecule has 0 amide bonds.